The average Bonchev–Trinajstić information content (AvgIpc) is 3.39. The number of thioether (sulfide) groups is 2. The van der Waals surface area contributed by atoms with Crippen LogP contribution in [0.4, 0.5) is 4.79 Å². The minimum absolute atomic E-state index is 0.112. The molecule has 0 spiro atoms. The number of hydrogen-bond acceptors (Lipinski definition) is 8. The van der Waals surface area contributed by atoms with Gasteiger partial charge in [0.15, 0.2) is 9.50 Å². The van der Waals surface area contributed by atoms with Gasteiger partial charge in [0.25, 0.3) is 0 Å². The summed E-state index contributed by atoms with van der Waals surface area (Å²) >= 11 is 4.59. The minimum atomic E-state index is -0.410. The van der Waals surface area contributed by atoms with Crippen LogP contribution in [0.25, 0.3) is 10.2 Å². The molecule has 2 heterocycles. The third kappa shape index (κ3) is 6.02. The molecule has 1 aliphatic rings. The molecule has 2 aromatic heterocycles. The Balaban J connectivity index is 1.27. The van der Waals surface area contributed by atoms with E-state index in [2.05, 4.69) is 31.9 Å². The zero-order chi connectivity index (χ0) is 22.3. The molecule has 1 aromatic carbocycles. The van der Waals surface area contributed by atoms with Crippen molar-refractivity contribution in [3.63, 3.8) is 0 Å². The number of fused-ring (bicyclic) bond motifs is 1. The molecule has 32 heavy (non-hydrogen) atoms. The Hall–Kier alpha value is -2.11. The number of para-hydroxylation sites is 1. The summed E-state index contributed by atoms with van der Waals surface area (Å²) in [4.78, 5) is 28.9. The molecule has 11 heteroatoms. The Labute approximate surface area is 199 Å². The van der Waals surface area contributed by atoms with Gasteiger partial charge in [0.1, 0.15) is 5.82 Å². The van der Waals surface area contributed by atoms with E-state index >= 15 is 0 Å². The number of benzene rings is 1. The van der Waals surface area contributed by atoms with E-state index in [1.807, 2.05) is 29.7 Å². The van der Waals surface area contributed by atoms with E-state index in [9.17, 15) is 9.59 Å². The number of aromatic nitrogens is 4. The van der Waals surface area contributed by atoms with E-state index in [1.54, 1.807) is 23.1 Å². The van der Waals surface area contributed by atoms with Gasteiger partial charge in [-0.05, 0) is 31.9 Å². The van der Waals surface area contributed by atoms with Crippen molar-refractivity contribution in [3.8, 4) is 0 Å². The summed E-state index contributed by atoms with van der Waals surface area (Å²) in [5, 5.41) is 14.6. The van der Waals surface area contributed by atoms with E-state index in [-0.39, 0.29) is 17.7 Å². The number of thiazole rings is 1. The van der Waals surface area contributed by atoms with Crippen molar-refractivity contribution < 1.29 is 9.59 Å². The maximum absolute atomic E-state index is 12.2. The predicted molar refractivity (Wildman–Crippen MR) is 129 cm³/mol. The van der Waals surface area contributed by atoms with Gasteiger partial charge >= 0.3 is 6.03 Å². The van der Waals surface area contributed by atoms with Crippen LogP contribution in [0, 0.1) is 0 Å². The molecule has 3 amide bonds. The number of nitrogens with zero attached hydrogens (tertiary/aromatic N) is 4. The zero-order valence-corrected chi connectivity index (χ0v) is 20.3. The highest BCUT2D eigenvalue weighted by molar-refractivity contribution is 8.00. The number of hydrogen-bond donors (Lipinski definition) is 2. The molecule has 0 unspecified atom stereocenters. The van der Waals surface area contributed by atoms with Crippen LogP contribution in [0.3, 0.4) is 0 Å². The lowest BCUT2D eigenvalue weighted by Gasteiger charge is -2.22. The highest BCUT2D eigenvalue weighted by Gasteiger charge is 2.18. The van der Waals surface area contributed by atoms with Crippen molar-refractivity contribution in [2.24, 2.45) is 0 Å². The van der Waals surface area contributed by atoms with Crippen molar-refractivity contribution in [1.82, 2.24) is 30.4 Å². The van der Waals surface area contributed by atoms with E-state index in [4.69, 9.17) is 0 Å². The Kier molecular flexibility index (Phi) is 8.04. The maximum Gasteiger partial charge on any atom is 0.321 e. The molecule has 0 aliphatic heterocycles. The highest BCUT2D eigenvalue weighted by atomic mass is 32.2. The molecule has 0 bridgehead atoms. The van der Waals surface area contributed by atoms with Crippen LogP contribution in [0.5, 0.6) is 0 Å². The van der Waals surface area contributed by atoms with Gasteiger partial charge < -0.3 is 9.88 Å². The lowest BCUT2D eigenvalue weighted by molar-refractivity contribution is -0.117. The van der Waals surface area contributed by atoms with E-state index in [0.717, 1.165) is 41.4 Å². The Morgan fingerprint density at radius 3 is 2.75 bits per heavy atom. The van der Waals surface area contributed by atoms with E-state index in [1.165, 1.54) is 22.9 Å². The second-order valence-electron chi connectivity index (χ2n) is 7.52. The first kappa shape index (κ1) is 23.1. The fourth-order valence-corrected chi connectivity index (χ4v) is 6.48. The van der Waals surface area contributed by atoms with Gasteiger partial charge in [-0.2, -0.15) is 0 Å². The van der Waals surface area contributed by atoms with Crippen molar-refractivity contribution >= 4 is 57.0 Å². The van der Waals surface area contributed by atoms with Gasteiger partial charge in [-0.25, -0.2) is 9.78 Å². The topological polar surface area (TPSA) is 102 Å². The first-order valence-electron chi connectivity index (χ1n) is 10.8. The summed E-state index contributed by atoms with van der Waals surface area (Å²) in [5.41, 5.74) is 1.01. The first-order valence-corrected chi connectivity index (χ1v) is 13.5. The monoisotopic (exact) mass is 490 g/mol. The zero-order valence-electron chi connectivity index (χ0n) is 17.9. The Morgan fingerprint density at radius 2 is 1.97 bits per heavy atom. The lowest BCUT2D eigenvalue weighted by atomic mass is 9.96. The van der Waals surface area contributed by atoms with Gasteiger partial charge in [0, 0.05) is 12.6 Å². The van der Waals surface area contributed by atoms with Crippen molar-refractivity contribution in [2.75, 3.05) is 5.75 Å². The molecule has 2 N–H and O–H groups in total. The lowest BCUT2D eigenvalue weighted by Crippen LogP contribution is -2.45. The normalized spacial score (nSPS) is 14.5. The molecule has 0 radical (unpaired) electrons. The highest BCUT2D eigenvalue weighted by Crippen LogP contribution is 2.31. The smallest absolute Gasteiger partial charge is 0.321 e. The summed E-state index contributed by atoms with van der Waals surface area (Å²) in [6.45, 7) is 2.73. The van der Waals surface area contributed by atoms with Gasteiger partial charge in [-0.15, -0.1) is 21.5 Å². The molecule has 170 valence electrons. The second kappa shape index (κ2) is 11.2. The Morgan fingerprint density at radius 1 is 1.16 bits per heavy atom. The SMILES string of the molecule is CCn1c(CSc2nc3ccccc3s2)nnc1SCC(=O)NC(=O)NC1CCCCC1. The van der Waals surface area contributed by atoms with Crippen molar-refractivity contribution in [3.05, 3.63) is 30.1 Å². The maximum atomic E-state index is 12.2. The summed E-state index contributed by atoms with van der Waals surface area (Å²) in [6.07, 6.45) is 5.43. The van der Waals surface area contributed by atoms with Crippen LogP contribution in [-0.2, 0) is 17.1 Å². The van der Waals surface area contributed by atoms with Crippen molar-refractivity contribution in [1.29, 1.82) is 0 Å². The van der Waals surface area contributed by atoms with Crippen LogP contribution in [0.1, 0.15) is 44.9 Å². The van der Waals surface area contributed by atoms with Crippen LogP contribution in [-0.4, -0.2) is 43.5 Å². The largest absolute Gasteiger partial charge is 0.335 e. The summed E-state index contributed by atoms with van der Waals surface area (Å²) in [6, 6.07) is 7.85. The molecule has 3 aromatic rings. The van der Waals surface area contributed by atoms with Crippen LogP contribution >= 0.6 is 34.9 Å². The number of rotatable bonds is 8. The molecule has 1 saturated carbocycles. The fourth-order valence-electron chi connectivity index (χ4n) is 3.65. The van der Waals surface area contributed by atoms with Crippen LogP contribution in [0.2, 0.25) is 0 Å². The predicted octanol–water partition coefficient (Wildman–Crippen LogP) is 4.45. The molecule has 1 aliphatic carbocycles. The third-order valence-electron chi connectivity index (χ3n) is 5.23. The minimum Gasteiger partial charge on any atom is -0.335 e. The van der Waals surface area contributed by atoms with Crippen molar-refractivity contribution in [2.45, 2.75) is 66.9 Å². The van der Waals surface area contributed by atoms with Gasteiger partial charge in [-0.1, -0.05) is 54.9 Å². The quantitative estimate of drug-likeness (QED) is 0.450. The molecule has 1 fully saturated rings. The first-order chi connectivity index (χ1) is 15.6. The number of amides is 3. The van der Waals surface area contributed by atoms with Gasteiger partial charge in [0.2, 0.25) is 5.91 Å². The third-order valence-corrected chi connectivity index (χ3v) is 8.38. The number of urea groups is 1. The van der Waals surface area contributed by atoms with Gasteiger partial charge in [0.05, 0.1) is 21.7 Å². The fraction of sp³-hybridized carbons (Fsp3) is 0.476. The van der Waals surface area contributed by atoms with Crippen LogP contribution < -0.4 is 10.6 Å². The number of imide groups is 1. The van der Waals surface area contributed by atoms with E-state index < -0.39 is 6.03 Å². The summed E-state index contributed by atoms with van der Waals surface area (Å²) < 4.78 is 4.16. The van der Waals surface area contributed by atoms with Gasteiger partial charge in [-0.3, -0.25) is 10.1 Å². The molecular formula is C21H26N6O2S3. The Bertz CT molecular complexity index is 1040. The summed E-state index contributed by atoms with van der Waals surface area (Å²) in [5.74, 6) is 1.27. The molecular weight excluding hydrogens is 464 g/mol. The average molecular weight is 491 g/mol. The van der Waals surface area contributed by atoms with Crippen LogP contribution in [0.15, 0.2) is 33.8 Å². The second-order valence-corrected chi connectivity index (χ2v) is 10.7. The molecule has 4 rings (SSSR count). The molecule has 8 nitrogen and oxygen atoms in total. The molecule has 0 atom stereocenters. The standard InChI is InChI=1S/C21H26N6O2S3/c1-2-27-17(12-31-21-23-15-10-6-7-11-16(15)32-21)25-26-20(27)30-13-18(28)24-19(29)22-14-8-4-3-5-9-14/h6-7,10-11,14H,2-5,8-9,12-13H2,1H3,(H2,22,24,28,29). The summed E-state index contributed by atoms with van der Waals surface area (Å²) in [7, 11) is 0. The van der Waals surface area contributed by atoms with E-state index in [0.29, 0.717) is 17.5 Å². The molecule has 0 saturated heterocycles. The number of carbonyl (C=O) groups excluding carboxylic acids is 2. The number of nitrogens with one attached hydrogen (secondary N) is 2. The number of carbonyl (C=O) groups is 2.